The molecule has 0 aliphatic carbocycles. The van der Waals surface area contributed by atoms with Crippen molar-refractivity contribution in [3.8, 4) is 0 Å². The van der Waals surface area contributed by atoms with Crippen LogP contribution in [0.4, 0.5) is 10.6 Å². The largest absolute Gasteiger partial charge is 0.449 e. The van der Waals surface area contributed by atoms with E-state index in [0.29, 0.717) is 6.54 Å². The number of carbonyl (C=O) groups excluding carboxylic acids is 1. The molecule has 0 unspecified atom stereocenters. The molecule has 0 aliphatic rings. The number of benzene rings is 1. The Morgan fingerprint density at radius 1 is 1.32 bits per heavy atom. The fraction of sp³-hybridized carbons (Fsp3) is 0.267. The fourth-order valence-electron chi connectivity index (χ4n) is 2.25. The second kappa shape index (κ2) is 6.99. The summed E-state index contributed by atoms with van der Waals surface area (Å²) >= 11 is 0. The molecule has 0 saturated carbocycles. The number of ether oxygens (including phenoxy) is 1. The second-order valence-corrected chi connectivity index (χ2v) is 5.30. The fourth-order valence-corrected chi connectivity index (χ4v) is 2.25. The summed E-state index contributed by atoms with van der Waals surface area (Å²) in [6.45, 7) is 4.30. The number of hydrogen-bond acceptors (Lipinski definition) is 7. The molecule has 2 aromatic heterocycles. The first-order chi connectivity index (χ1) is 12.1. The van der Waals surface area contributed by atoms with Crippen LogP contribution in [0.3, 0.4) is 0 Å². The SMILES string of the molecule is CCOC(=O)NNc1n[nH]c(=O)c2c1nnn2Cc1ccc(C)cc1. The van der Waals surface area contributed by atoms with E-state index in [-0.39, 0.29) is 23.5 Å². The van der Waals surface area contributed by atoms with Gasteiger partial charge in [-0.25, -0.2) is 20.0 Å². The van der Waals surface area contributed by atoms with Gasteiger partial charge in [-0.1, -0.05) is 35.0 Å². The van der Waals surface area contributed by atoms with Gasteiger partial charge in [0.2, 0.25) is 0 Å². The van der Waals surface area contributed by atoms with Gasteiger partial charge in [-0.05, 0) is 19.4 Å². The van der Waals surface area contributed by atoms with E-state index in [1.807, 2.05) is 31.2 Å². The van der Waals surface area contributed by atoms with Crippen LogP contribution in [0.1, 0.15) is 18.1 Å². The Morgan fingerprint density at radius 2 is 2.08 bits per heavy atom. The highest BCUT2D eigenvalue weighted by atomic mass is 16.5. The summed E-state index contributed by atoms with van der Waals surface area (Å²) in [6.07, 6.45) is -0.671. The van der Waals surface area contributed by atoms with Crippen LogP contribution in [-0.4, -0.2) is 37.9 Å². The Morgan fingerprint density at radius 3 is 2.80 bits per heavy atom. The van der Waals surface area contributed by atoms with Crippen molar-refractivity contribution in [1.29, 1.82) is 0 Å². The van der Waals surface area contributed by atoms with Gasteiger partial charge in [-0.15, -0.1) is 5.10 Å². The number of hydrogen-bond donors (Lipinski definition) is 3. The standard InChI is InChI=1S/C15H17N7O3/c1-3-25-15(24)20-18-13-11-12(14(23)19-17-13)22(21-16-11)8-10-6-4-9(2)5-7-10/h4-7H,3,8H2,1-2H3,(H,17,18)(H,19,23)(H,20,24). The van der Waals surface area contributed by atoms with E-state index < -0.39 is 11.7 Å². The predicted octanol–water partition coefficient (Wildman–Crippen LogP) is 0.944. The number of rotatable bonds is 5. The van der Waals surface area contributed by atoms with E-state index in [1.165, 1.54) is 4.68 Å². The number of nitrogens with one attached hydrogen (secondary N) is 3. The van der Waals surface area contributed by atoms with Crippen LogP contribution in [0.5, 0.6) is 0 Å². The molecule has 2 heterocycles. The molecule has 25 heavy (non-hydrogen) atoms. The van der Waals surface area contributed by atoms with Crippen LogP contribution in [-0.2, 0) is 11.3 Å². The molecule has 1 amide bonds. The molecule has 3 N–H and O–H groups in total. The number of nitrogens with zero attached hydrogens (tertiary/aromatic N) is 4. The van der Waals surface area contributed by atoms with Crippen molar-refractivity contribution < 1.29 is 9.53 Å². The highest BCUT2D eigenvalue weighted by Gasteiger charge is 2.15. The highest BCUT2D eigenvalue weighted by Crippen LogP contribution is 2.15. The van der Waals surface area contributed by atoms with E-state index in [1.54, 1.807) is 6.92 Å². The number of carbonyl (C=O) groups is 1. The number of aromatic nitrogens is 5. The Bertz CT molecular complexity index is 946. The number of hydrazine groups is 1. The lowest BCUT2D eigenvalue weighted by atomic mass is 10.1. The van der Waals surface area contributed by atoms with E-state index in [9.17, 15) is 9.59 Å². The quantitative estimate of drug-likeness (QED) is 0.588. The number of aromatic amines is 1. The molecule has 0 atom stereocenters. The minimum Gasteiger partial charge on any atom is -0.449 e. The summed E-state index contributed by atoms with van der Waals surface area (Å²) in [7, 11) is 0. The van der Waals surface area contributed by atoms with E-state index in [2.05, 4.69) is 31.4 Å². The molecule has 10 nitrogen and oxygen atoms in total. The molecule has 0 saturated heterocycles. The van der Waals surface area contributed by atoms with Crippen molar-refractivity contribution >= 4 is 22.9 Å². The average Bonchev–Trinajstić information content (AvgIpc) is 3.01. The van der Waals surface area contributed by atoms with Crippen LogP contribution < -0.4 is 16.4 Å². The summed E-state index contributed by atoms with van der Waals surface area (Å²) in [5.41, 5.74) is 7.06. The molecular weight excluding hydrogens is 326 g/mol. The number of aryl methyl sites for hydroxylation is 1. The Hall–Kier alpha value is -3.43. The lowest BCUT2D eigenvalue weighted by Crippen LogP contribution is -2.31. The molecule has 3 aromatic rings. The number of H-pyrrole nitrogens is 1. The van der Waals surface area contributed by atoms with Gasteiger partial charge < -0.3 is 4.74 Å². The molecule has 0 radical (unpaired) electrons. The van der Waals surface area contributed by atoms with Gasteiger partial charge in [0, 0.05) is 0 Å². The van der Waals surface area contributed by atoms with E-state index in [4.69, 9.17) is 4.74 Å². The zero-order chi connectivity index (χ0) is 17.8. The predicted molar refractivity (Wildman–Crippen MR) is 90.0 cm³/mol. The minimum atomic E-state index is -0.671. The monoisotopic (exact) mass is 343 g/mol. The van der Waals surface area contributed by atoms with Crippen molar-refractivity contribution in [2.45, 2.75) is 20.4 Å². The highest BCUT2D eigenvalue weighted by molar-refractivity contribution is 5.84. The molecule has 0 spiro atoms. The smallest absolute Gasteiger partial charge is 0.425 e. The Balaban J connectivity index is 1.89. The molecule has 0 fully saturated rings. The third kappa shape index (κ3) is 3.57. The van der Waals surface area contributed by atoms with Gasteiger partial charge in [-0.3, -0.25) is 10.2 Å². The summed E-state index contributed by atoms with van der Waals surface area (Å²) in [5, 5.41) is 14.2. The zero-order valence-electron chi connectivity index (χ0n) is 13.7. The third-order valence-corrected chi connectivity index (χ3v) is 3.46. The maximum Gasteiger partial charge on any atom is 0.425 e. The number of anilines is 1. The van der Waals surface area contributed by atoms with Gasteiger partial charge >= 0.3 is 6.09 Å². The Labute approximate surface area is 142 Å². The second-order valence-electron chi connectivity index (χ2n) is 5.30. The van der Waals surface area contributed by atoms with Crippen molar-refractivity contribution in [3.63, 3.8) is 0 Å². The van der Waals surface area contributed by atoms with Gasteiger partial charge in [0.05, 0.1) is 13.2 Å². The number of amides is 1. The topological polar surface area (TPSA) is 127 Å². The third-order valence-electron chi connectivity index (χ3n) is 3.46. The van der Waals surface area contributed by atoms with Crippen LogP contribution in [0, 0.1) is 6.92 Å². The van der Waals surface area contributed by atoms with Crippen LogP contribution in [0.2, 0.25) is 0 Å². The Kier molecular flexibility index (Phi) is 4.59. The molecule has 0 bridgehead atoms. The average molecular weight is 343 g/mol. The van der Waals surface area contributed by atoms with Crippen LogP contribution in [0.15, 0.2) is 29.1 Å². The molecule has 1 aromatic carbocycles. The maximum atomic E-state index is 12.1. The minimum absolute atomic E-state index is 0.165. The molecule has 130 valence electrons. The van der Waals surface area contributed by atoms with Crippen molar-refractivity contribution in [3.05, 3.63) is 45.7 Å². The van der Waals surface area contributed by atoms with Crippen LogP contribution >= 0.6 is 0 Å². The van der Waals surface area contributed by atoms with Crippen molar-refractivity contribution in [2.75, 3.05) is 12.0 Å². The first-order valence-corrected chi connectivity index (χ1v) is 7.64. The van der Waals surface area contributed by atoms with E-state index >= 15 is 0 Å². The lowest BCUT2D eigenvalue weighted by Gasteiger charge is -2.07. The zero-order valence-corrected chi connectivity index (χ0v) is 13.7. The molecular formula is C15H17N7O3. The summed E-state index contributed by atoms with van der Waals surface area (Å²) in [4.78, 5) is 23.5. The molecule has 0 aliphatic heterocycles. The van der Waals surface area contributed by atoms with Crippen molar-refractivity contribution in [2.24, 2.45) is 0 Å². The van der Waals surface area contributed by atoms with E-state index in [0.717, 1.165) is 11.1 Å². The van der Waals surface area contributed by atoms with Gasteiger partial charge in [0.1, 0.15) is 0 Å². The lowest BCUT2D eigenvalue weighted by molar-refractivity contribution is 0.154. The normalized spacial score (nSPS) is 10.6. The first kappa shape index (κ1) is 16.4. The summed E-state index contributed by atoms with van der Waals surface area (Å²) in [6, 6.07) is 7.88. The number of fused-ring (bicyclic) bond motifs is 1. The van der Waals surface area contributed by atoms with Gasteiger partial charge in [0.15, 0.2) is 16.9 Å². The first-order valence-electron chi connectivity index (χ1n) is 7.64. The molecule has 10 heteroatoms. The van der Waals surface area contributed by atoms with Gasteiger partial charge in [-0.2, -0.15) is 5.10 Å². The maximum absolute atomic E-state index is 12.1. The van der Waals surface area contributed by atoms with Crippen molar-refractivity contribution in [1.82, 2.24) is 30.6 Å². The van der Waals surface area contributed by atoms with Crippen LogP contribution in [0.25, 0.3) is 11.0 Å². The summed E-state index contributed by atoms with van der Waals surface area (Å²) in [5.74, 6) is 0.165. The van der Waals surface area contributed by atoms with Gasteiger partial charge in [0.25, 0.3) is 5.56 Å². The summed E-state index contributed by atoms with van der Waals surface area (Å²) < 4.78 is 6.22. The molecule has 3 rings (SSSR count).